The lowest BCUT2D eigenvalue weighted by Crippen LogP contribution is -2.46. The van der Waals surface area contributed by atoms with Gasteiger partial charge in [-0.25, -0.2) is 0 Å². The lowest BCUT2D eigenvalue weighted by atomic mass is 10.0. The molecule has 0 radical (unpaired) electrons. The maximum Gasteiger partial charge on any atom is 0.251 e. The highest BCUT2D eigenvalue weighted by Gasteiger charge is 2.24. The molecule has 1 N–H and O–H groups in total. The number of carbonyl (C=O) groups excluding carboxylic acids is 2. The Kier molecular flexibility index (Phi) is 7.33. The summed E-state index contributed by atoms with van der Waals surface area (Å²) >= 11 is 0. The average molecular weight is 411 g/mol. The molecule has 160 valence electrons. The number of likely N-dealkylation sites (tertiary alicyclic amines) is 1. The van der Waals surface area contributed by atoms with Crippen molar-refractivity contribution in [2.75, 3.05) is 27.3 Å². The first kappa shape index (κ1) is 21.7. The molecule has 2 aromatic carbocycles. The Hall–Kier alpha value is -3.02. The number of ether oxygens (including phenoxy) is 2. The quantitative estimate of drug-likeness (QED) is 0.760. The van der Waals surface area contributed by atoms with Gasteiger partial charge in [0, 0.05) is 37.2 Å². The molecule has 1 saturated heterocycles. The maximum atomic E-state index is 12.6. The number of rotatable bonds is 7. The van der Waals surface area contributed by atoms with Crippen molar-refractivity contribution in [2.24, 2.45) is 0 Å². The van der Waals surface area contributed by atoms with Crippen LogP contribution in [0.3, 0.4) is 0 Å². The van der Waals surface area contributed by atoms with E-state index in [0.29, 0.717) is 36.6 Å². The van der Waals surface area contributed by atoms with Crippen molar-refractivity contribution in [3.63, 3.8) is 0 Å². The molecule has 6 heteroatoms. The predicted molar refractivity (Wildman–Crippen MR) is 116 cm³/mol. The van der Waals surface area contributed by atoms with Crippen molar-refractivity contribution in [3.05, 3.63) is 59.2 Å². The van der Waals surface area contributed by atoms with E-state index in [2.05, 4.69) is 36.5 Å². The Bertz CT molecular complexity index is 849. The summed E-state index contributed by atoms with van der Waals surface area (Å²) in [6.07, 6.45) is 2.78. The van der Waals surface area contributed by atoms with Crippen LogP contribution in [0.1, 0.15) is 40.7 Å². The fourth-order valence-electron chi connectivity index (χ4n) is 3.64. The van der Waals surface area contributed by atoms with Crippen molar-refractivity contribution in [3.8, 4) is 11.5 Å². The molecule has 2 aromatic rings. The first-order valence-corrected chi connectivity index (χ1v) is 10.4. The van der Waals surface area contributed by atoms with E-state index in [1.807, 2.05) is 4.90 Å². The Morgan fingerprint density at radius 1 is 1.00 bits per heavy atom. The number of nitrogens with one attached hydrogen (secondary N) is 1. The third-order valence-electron chi connectivity index (χ3n) is 5.54. The number of hydrogen-bond acceptors (Lipinski definition) is 4. The molecule has 3 rings (SSSR count). The molecule has 0 bridgehead atoms. The van der Waals surface area contributed by atoms with Gasteiger partial charge in [-0.2, -0.15) is 0 Å². The number of benzene rings is 2. The topological polar surface area (TPSA) is 67.9 Å². The Labute approximate surface area is 178 Å². The Morgan fingerprint density at radius 2 is 1.60 bits per heavy atom. The van der Waals surface area contributed by atoms with Crippen LogP contribution in [-0.4, -0.2) is 50.1 Å². The van der Waals surface area contributed by atoms with E-state index in [9.17, 15) is 9.59 Å². The molecular weight excluding hydrogens is 380 g/mol. The maximum absolute atomic E-state index is 12.6. The lowest BCUT2D eigenvalue weighted by Gasteiger charge is -2.32. The van der Waals surface area contributed by atoms with Gasteiger partial charge in [0.15, 0.2) is 0 Å². The van der Waals surface area contributed by atoms with Crippen LogP contribution in [0.25, 0.3) is 0 Å². The van der Waals surface area contributed by atoms with Gasteiger partial charge in [-0.3, -0.25) is 9.59 Å². The molecule has 0 spiro atoms. The number of nitrogens with zero attached hydrogens (tertiary/aromatic N) is 1. The minimum Gasteiger partial charge on any atom is -0.497 e. The first-order valence-electron chi connectivity index (χ1n) is 10.4. The van der Waals surface area contributed by atoms with E-state index in [0.717, 1.165) is 19.3 Å². The highest BCUT2D eigenvalue weighted by molar-refractivity contribution is 5.95. The summed E-state index contributed by atoms with van der Waals surface area (Å²) < 4.78 is 10.5. The summed E-state index contributed by atoms with van der Waals surface area (Å²) in [5.74, 6) is 1.18. The summed E-state index contributed by atoms with van der Waals surface area (Å²) in [6, 6.07) is 13.5. The number of amides is 2. The van der Waals surface area contributed by atoms with Crippen LogP contribution < -0.4 is 14.8 Å². The highest BCUT2D eigenvalue weighted by Crippen LogP contribution is 2.23. The van der Waals surface area contributed by atoms with Crippen molar-refractivity contribution >= 4 is 11.8 Å². The van der Waals surface area contributed by atoms with Gasteiger partial charge < -0.3 is 19.7 Å². The number of piperidine rings is 1. The SMILES string of the molecule is COc1cc(OC)cc(C(=O)NC2CCN(C(=O)CCc3ccc(C)cc3)CC2)c1. The molecule has 0 unspecified atom stereocenters. The fraction of sp³-hybridized carbons (Fsp3) is 0.417. The Morgan fingerprint density at radius 3 is 2.17 bits per heavy atom. The van der Waals surface area contributed by atoms with Crippen LogP contribution in [0.2, 0.25) is 0 Å². The molecule has 2 amide bonds. The number of aryl methyl sites for hydroxylation is 2. The third-order valence-corrected chi connectivity index (χ3v) is 5.54. The van der Waals surface area contributed by atoms with E-state index >= 15 is 0 Å². The minimum atomic E-state index is -0.156. The van der Waals surface area contributed by atoms with Crippen LogP contribution in [-0.2, 0) is 11.2 Å². The third kappa shape index (κ3) is 5.75. The standard InChI is InChI=1S/C24H30N2O4/c1-17-4-6-18(7-5-17)8-9-23(27)26-12-10-20(11-13-26)25-24(28)19-14-21(29-2)16-22(15-19)30-3/h4-7,14-16,20H,8-13H2,1-3H3,(H,25,28). The number of carbonyl (C=O) groups is 2. The van der Waals surface area contributed by atoms with Gasteiger partial charge in [-0.1, -0.05) is 29.8 Å². The second-order valence-electron chi connectivity index (χ2n) is 7.72. The summed E-state index contributed by atoms with van der Waals surface area (Å²) in [4.78, 5) is 27.1. The Balaban J connectivity index is 1.47. The van der Waals surface area contributed by atoms with Gasteiger partial charge in [-0.05, 0) is 43.9 Å². The first-order chi connectivity index (χ1) is 14.5. The summed E-state index contributed by atoms with van der Waals surface area (Å²) in [5, 5.41) is 3.07. The van der Waals surface area contributed by atoms with Crippen LogP contribution in [0.5, 0.6) is 11.5 Å². The summed E-state index contributed by atoms with van der Waals surface area (Å²) in [5.41, 5.74) is 2.91. The second kappa shape index (κ2) is 10.1. The van der Waals surface area contributed by atoms with E-state index in [1.54, 1.807) is 32.4 Å². The second-order valence-corrected chi connectivity index (χ2v) is 7.72. The van der Waals surface area contributed by atoms with Gasteiger partial charge in [0.2, 0.25) is 5.91 Å². The number of methoxy groups -OCH3 is 2. The van der Waals surface area contributed by atoms with Gasteiger partial charge in [0.05, 0.1) is 14.2 Å². The van der Waals surface area contributed by atoms with Gasteiger partial charge in [0.1, 0.15) is 11.5 Å². The number of hydrogen-bond donors (Lipinski definition) is 1. The smallest absolute Gasteiger partial charge is 0.251 e. The molecular formula is C24H30N2O4. The molecule has 6 nitrogen and oxygen atoms in total. The van der Waals surface area contributed by atoms with Crippen LogP contribution >= 0.6 is 0 Å². The minimum absolute atomic E-state index is 0.0517. The van der Waals surface area contributed by atoms with Crippen LogP contribution in [0.4, 0.5) is 0 Å². The molecule has 0 aliphatic carbocycles. The molecule has 0 saturated carbocycles. The largest absolute Gasteiger partial charge is 0.497 e. The van der Waals surface area contributed by atoms with Crippen molar-refractivity contribution in [1.82, 2.24) is 10.2 Å². The molecule has 1 aliphatic rings. The van der Waals surface area contributed by atoms with Crippen molar-refractivity contribution < 1.29 is 19.1 Å². The zero-order valence-electron chi connectivity index (χ0n) is 17.9. The zero-order valence-corrected chi connectivity index (χ0v) is 17.9. The van der Waals surface area contributed by atoms with E-state index in [-0.39, 0.29) is 17.9 Å². The van der Waals surface area contributed by atoms with Crippen molar-refractivity contribution in [1.29, 1.82) is 0 Å². The normalized spacial score (nSPS) is 14.3. The predicted octanol–water partition coefficient (Wildman–Crippen LogP) is 3.37. The van der Waals surface area contributed by atoms with Gasteiger partial charge >= 0.3 is 0 Å². The van der Waals surface area contributed by atoms with Crippen LogP contribution in [0.15, 0.2) is 42.5 Å². The van der Waals surface area contributed by atoms with E-state index in [4.69, 9.17) is 9.47 Å². The van der Waals surface area contributed by atoms with Gasteiger partial charge in [0.25, 0.3) is 5.91 Å². The lowest BCUT2D eigenvalue weighted by molar-refractivity contribution is -0.132. The fourth-order valence-corrected chi connectivity index (χ4v) is 3.64. The van der Waals surface area contributed by atoms with Gasteiger partial charge in [-0.15, -0.1) is 0 Å². The highest BCUT2D eigenvalue weighted by atomic mass is 16.5. The monoisotopic (exact) mass is 410 g/mol. The van der Waals surface area contributed by atoms with Crippen LogP contribution in [0, 0.1) is 6.92 Å². The molecule has 30 heavy (non-hydrogen) atoms. The molecule has 1 fully saturated rings. The van der Waals surface area contributed by atoms with Crippen molar-refractivity contribution in [2.45, 2.75) is 38.6 Å². The molecule has 1 aliphatic heterocycles. The zero-order chi connectivity index (χ0) is 21.5. The molecule has 1 heterocycles. The summed E-state index contributed by atoms with van der Waals surface area (Å²) in [6.45, 7) is 3.39. The average Bonchev–Trinajstić information content (AvgIpc) is 2.78. The van der Waals surface area contributed by atoms with E-state index in [1.165, 1.54) is 11.1 Å². The van der Waals surface area contributed by atoms with E-state index < -0.39 is 0 Å². The molecule has 0 atom stereocenters. The molecule has 0 aromatic heterocycles. The summed E-state index contributed by atoms with van der Waals surface area (Å²) in [7, 11) is 3.12.